The van der Waals surface area contributed by atoms with Gasteiger partial charge in [0.1, 0.15) is 11.5 Å². The van der Waals surface area contributed by atoms with Crippen LogP contribution in [0.2, 0.25) is 0 Å². The SMILES string of the molecule is CCOc1ccc(NC(=O)CN(CC)S(=O)(=O)c2ccc(OC)c(C)c2)cc1. The quantitative estimate of drug-likeness (QED) is 0.692. The highest BCUT2D eigenvalue weighted by molar-refractivity contribution is 7.89. The molecule has 8 heteroatoms. The standard InChI is InChI=1S/C20H26N2O5S/c1-5-22(28(24,25)18-11-12-19(26-4)15(3)13-18)14-20(23)21-16-7-9-17(10-8-16)27-6-2/h7-13H,5-6,14H2,1-4H3,(H,21,23). The summed E-state index contributed by atoms with van der Waals surface area (Å²) in [7, 11) is -2.28. The Morgan fingerprint density at radius 3 is 2.32 bits per heavy atom. The van der Waals surface area contributed by atoms with Crippen molar-refractivity contribution in [2.75, 3.05) is 32.1 Å². The Balaban J connectivity index is 2.11. The lowest BCUT2D eigenvalue weighted by Crippen LogP contribution is -2.37. The van der Waals surface area contributed by atoms with Crippen LogP contribution in [0.15, 0.2) is 47.4 Å². The molecule has 0 radical (unpaired) electrons. The normalized spacial score (nSPS) is 11.3. The molecule has 2 aromatic carbocycles. The van der Waals surface area contributed by atoms with E-state index in [2.05, 4.69) is 5.32 Å². The molecule has 28 heavy (non-hydrogen) atoms. The van der Waals surface area contributed by atoms with Crippen molar-refractivity contribution < 1.29 is 22.7 Å². The van der Waals surface area contributed by atoms with Gasteiger partial charge < -0.3 is 14.8 Å². The molecule has 0 unspecified atom stereocenters. The molecule has 0 aromatic heterocycles. The molecule has 7 nitrogen and oxygen atoms in total. The summed E-state index contributed by atoms with van der Waals surface area (Å²) in [6.07, 6.45) is 0. The van der Waals surface area contributed by atoms with Crippen LogP contribution in [0.1, 0.15) is 19.4 Å². The van der Waals surface area contributed by atoms with E-state index in [1.54, 1.807) is 50.2 Å². The third-order valence-corrected chi connectivity index (χ3v) is 6.04. The predicted octanol–water partition coefficient (Wildman–Crippen LogP) is 3.05. The highest BCUT2D eigenvalue weighted by Crippen LogP contribution is 2.24. The molecule has 0 atom stereocenters. The van der Waals surface area contributed by atoms with E-state index >= 15 is 0 Å². The summed E-state index contributed by atoms with van der Waals surface area (Å²) in [6, 6.07) is 11.5. The highest BCUT2D eigenvalue weighted by Gasteiger charge is 2.26. The fourth-order valence-electron chi connectivity index (χ4n) is 2.69. The van der Waals surface area contributed by atoms with Crippen molar-refractivity contribution in [3.05, 3.63) is 48.0 Å². The first-order valence-corrected chi connectivity index (χ1v) is 10.4. The predicted molar refractivity (Wildman–Crippen MR) is 108 cm³/mol. The van der Waals surface area contributed by atoms with Gasteiger partial charge in [0.2, 0.25) is 15.9 Å². The molecule has 152 valence electrons. The Labute approximate surface area is 166 Å². The van der Waals surface area contributed by atoms with Gasteiger partial charge in [-0.3, -0.25) is 4.79 Å². The van der Waals surface area contributed by atoms with Crippen molar-refractivity contribution in [2.45, 2.75) is 25.7 Å². The lowest BCUT2D eigenvalue weighted by Gasteiger charge is -2.20. The lowest BCUT2D eigenvalue weighted by molar-refractivity contribution is -0.116. The Bertz CT molecular complexity index is 911. The number of amides is 1. The minimum Gasteiger partial charge on any atom is -0.496 e. The molecule has 0 spiro atoms. The maximum Gasteiger partial charge on any atom is 0.243 e. The topological polar surface area (TPSA) is 84.9 Å². The van der Waals surface area contributed by atoms with E-state index in [0.717, 1.165) is 4.31 Å². The van der Waals surface area contributed by atoms with Gasteiger partial charge in [0.05, 0.1) is 25.2 Å². The number of carbonyl (C=O) groups is 1. The van der Waals surface area contributed by atoms with Gasteiger partial charge >= 0.3 is 0 Å². The third kappa shape index (κ3) is 5.24. The zero-order valence-corrected chi connectivity index (χ0v) is 17.4. The molecule has 2 rings (SSSR count). The summed E-state index contributed by atoms with van der Waals surface area (Å²) in [5, 5.41) is 2.71. The summed E-state index contributed by atoms with van der Waals surface area (Å²) < 4.78 is 37.5. The summed E-state index contributed by atoms with van der Waals surface area (Å²) in [5.41, 5.74) is 1.28. The van der Waals surface area contributed by atoms with Crippen molar-refractivity contribution in [3.8, 4) is 11.5 Å². The van der Waals surface area contributed by atoms with Crippen molar-refractivity contribution in [2.24, 2.45) is 0 Å². The molecule has 0 heterocycles. The number of aryl methyl sites for hydroxylation is 1. The monoisotopic (exact) mass is 406 g/mol. The number of carbonyl (C=O) groups excluding carboxylic acids is 1. The Hall–Kier alpha value is -2.58. The van der Waals surface area contributed by atoms with Gasteiger partial charge in [0.15, 0.2) is 0 Å². The first-order chi connectivity index (χ1) is 13.3. The number of methoxy groups -OCH3 is 1. The molecule has 0 saturated carbocycles. The van der Waals surface area contributed by atoms with Crippen LogP contribution >= 0.6 is 0 Å². The van der Waals surface area contributed by atoms with Gasteiger partial charge in [-0.2, -0.15) is 4.31 Å². The van der Waals surface area contributed by atoms with Gasteiger partial charge in [-0.25, -0.2) is 8.42 Å². The van der Waals surface area contributed by atoms with Crippen LogP contribution in [0.4, 0.5) is 5.69 Å². The van der Waals surface area contributed by atoms with E-state index in [1.165, 1.54) is 13.2 Å². The van der Waals surface area contributed by atoms with Gasteiger partial charge in [-0.05, 0) is 61.9 Å². The van der Waals surface area contributed by atoms with Crippen molar-refractivity contribution in [1.29, 1.82) is 0 Å². The second kappa shape index (κ2) is 9.57. The zero-order chi connectivity index (χ0) is 20.7. The van der Waals surface area contributed by atoms with E-state index in [0.29, 0.717) is 29.4 Å². The van der Waals surface area contributed by atoms with Crippen LogP contribution in [0.3, 0.4) is 0 Å². The number of anilines is 1. The molecular formula is C20H26N2O5S. The fourth-order valence-corrected chi connectivity index (χ4v) is 4.18. The maximum absolute atomic E-state index is 12.9. The average molecular weight is 407 g/mol. The summed E-state index contributed by atoms with van der Waals surface area (Å²) in [5.74, 6) is 0.892. The van der Waals surface area contributed by atoms with Crippen LogP contribution in [-0.2, 0) is 14.8 Å². The molecule has 2 aromatic rings. The number of hydrogen-bond donors (Lipinski definition) is 1. The highest BCUT2D eigenvalue weighted by atomic mass is 32.2. The van der Waals surface area contributed by atoms with E-state index < -0.39 is 15.9 Å². The van der Waals surface area contributed by atoms with Crippen LogP contribution in [-0.4, -0.2) is 45.4 Å². The van der Waals surface area contributed by atoms with E-state index in [9.17, 15) is 13.2 Å². The average Bonchev–Trinajstić information content (AvgIpc) is 2.67. The minimum atomic E-state index is -3.80. The molecular weight excluding hydrogens is 380 g/mol. The van der Waals surface area contributed by atoms with Crippen LogP contribution in [0.5, 0.6) is 11.5 Å². The second-order valence-electron chi connectivity index (χ2n) is 6.07. The number of nitrogens with one attached hydrogen (secondary N) is 1. The maximum atomic E-state index is 12.9. The number of rotatable bonds is 9. The number of hydrogen-bond acceptors (Lipinski definition) is 5. The smallest absolute Gasteiger partial charge is 0.243 e. The summed E-state index contributed by atoms with van der Waals surface area (Å²) >= 11 is 0. The van der Waals surface area contributed by atoms with Gasteiger partial charge in [0, 0.05) is 12.2 Å². The fraction of sp³-hybridized carbons (Fsp3) is 0.350. The van der Waals surface area contributed by atoms with E-state index in [-0.39, 0.29) is 18.0 Å². The molecule has 0 aliphatic rings. The Kier molecular flexibility index (Phi) is 7.42. The Morgan fingerprint density at radius 1 is 1.11 bits per heavy atom. The van der Waals surface area contributed by atoms with Crippen molar-refractivity contribution in [3.63, 3.8) is 0 Å². The third-order valence-electron chi connectivity index (χ3n) is 4.13. The summed E-state index contributed by atoms with van der Waals surface area (Å²) in [4.78, 5) is 12.5. The van der Waals surface area contributed by atoms with E-state index in [4.69, 9.17) is 9.47 Å². The van der Waals surface area contributed by atoms with Gasteiger partial charge in [-0.1, -0.05) is 6.92 Å². The molecule has 0 aliphatic heterocycles. The largest absolute Gasteiger partial charge is 0.496 e. The first kappa shape index (κ1) is 21.7. The van der Waals surface area contributed by atoms with Crippen LogP contribution < -0.4 is 14.8 Å². The van der Waals surface area contributed by atoms with E-state index in [1.807, 2.05) is 6.92 Å². The van der Waals surface area contributed by atoms with Crippen LogP contribution in [0, 0.1) is 6.92 Å². The van der Waals surface area contributed by atoms with Crippen LogP contribution in [0.25, 0.3) is 0 Å². The zero-order valence-electron chi connectivity index (χ0n) is 16.6. The number of ether oxygens (including phenoxy) is 2. The summed E-state index contributed by atoms with van der Waals surface area (Å²) in [6.45, 7) is 5.80. The Morgan fingerprint density at radius 2 is 1.79 bits per heavy atom. The molecule has 0 fully saturated rings. The van der Waals surface area contributed by atoms with Crippen molar-refractivity contribution in [1.82, 2.24) is 4.31 Å². The van der Waals surface area contributed by atoms with Crippen molar-refractivity contribution >= 4 is 21.6 Å². The van der Waals surface area contributed by atoms with Gasteiger partial charge in [-0.15, -0.1) is 0 Å². The first-order valence-electron chi connectivity index (χ1n) is 8.99. The number of nitrogens with zero attached hydrogens (tertiary/aromatic N) is 1. The number of sulfonamides is 1. The minimum absolute atomic E-state index is 0.126. The molecule has 0 aliphatic carbocycles. The van der Waals surface area contributed by atoms with Gasteiger partial charge in [0.25, 0.3) is 0 Å². The number of benzene rings is 2. The number of likely N-dealkylation sites (N-methyl/N-ethyl adjacent to an activating group) is 1. The molecule has 0 bridgehead atoms. The second-order valence-corrected chi connectivity index (χ2v) is 8.01. The molecule has 1 N–H and O–H groups in total. The lowest BCUT2D eigenvalue weighted by atomic mass is 10.2. The molecule has 1 amide bonds. The molecule has 0 saturated heterocycles.